The third-order valence-electron chi connectivity index (χ3n) is 3.10. The van der Waals surface area contributed by atoms with Crippen LogP contribution >= 0.6 is 0 Å². The minimum Gasteiger partial charge on any atom is -0.343 e. The number of aromatic nitrogens is 2. The van der Waals surface area contributed by atoms with Crippen LogP contribution in [0.25, 0.3) is 0 Å². The van der Waals surface area contributed by atoms with Gasteiger partial charge in [0.25, 0.3) is 0 Å². The summed E-state index contributed by atoms with van der Waals surface area (Å²) in [4.78, 5) is 3.97. The molecule has 0 radical (unpaired) electrons. The van der Waals surface area contributed by atoms with Crippen molar-refractivity contribution in [2.24, 2.45) is 5.92 Å². The van der Waals surface area contributed by atoms with Gasteiger partial charge in [0.15, 0.2) is 5.82 Å². The van der Waals surface area contributed by atoms with Crippen molar-refractivity contribution in [1.82, 2.24) is 15.5 Å². The van der Waals surface area contributed by atoms with E-state index in [1.54, 1.807) is 0 Å². The van der Waals surface area contributed by atoms with Gasteiger partial charge < -0.3 is 9.84 Å². The van der Waals surface area contributed by atoms with Gasteiger partial charge in [-0.25, -0.2) is 0 Å². The SMILES string of the molecule is CC(NCc1ncon1)C1CCCC1. The predicted molar refractivity (Wildman–Crippen MR) is 52.6 cm³/mol. The molecule has 1 atom stereocenters. The van der Waals surface area contributed by atoms with E-state index in [0.717, 1.165) is 11.7 Å². The molecule has 1 unspecified atom stereocenters. The average Bonchev–Trinajstić information content (AvgIpc) is 2.87. The highest BCUT2D eigenvalue weighted by molar-refractivity contribution is 4.81. The highest BCUT2D eigenvalue weighted by Crippen LogP contribution is 2.27. The molecule has 78 valence electrons. The topological polar surface area (TPSA) is 51.0 Å². The Morgan fingerprint density at radius 1 is 1.57 bits per heavy atom. The van der Waals surface area contributed by atoms with Crippen LogP contribution in [0.2, 0.25) is 0 Å². The molecule has 0 saturated heterocycles. The lowest BCUT2D eigenvalue weighted by atomic mass is 10.00. The molecule has 0 aromatic carbocycles. The van der Waals surface area contributed by atoms with Gasteiger partial charge in [-0.3, -0.25) is 0 Å². The first-order valence-corrected chi connectivity index (χ1v) is 5.35. The molecule has 1 fully saturated rings. The molecule has 0 amide bonds. The van der Waals surface area contributed by atoms with Crippen LogP contribution < -0.4 is 5.32 Å². The van der Waals surface area contributed by atoms with Gasteiger partial charge in [0.2, 0.25) is 6.39 Å². The van der Waals surface area contributed by atoms with Gasteiger partial charge in [-0.2, -0.15) is 4.98 Å². The molecule has 4 heteroatoms. The Kier molecular flexibility index (Phi) is 3.14. The molecular weight excluding hydrogens is 178 g/mol. The Labute approximate surface area is 84.1 Å². The number of hydrogen-bond acceptors (Lipinski definition) is 4. The van der Waals surface area contributed by atoms with Gasteiger partial charge in [0, 0.05) is 6.04 Å². The molecule has 0 bridgehead atoms. The summed E-state index contributed by atoms with van der Waals surface area (Å²) in [7, 11) is 0. The summed E-state index contributed by atoms with van der Waals surface area (Å²) in [6, 6.07) is 0.566. The van der Waals surface area contributed by atoms with Gasteiger partial charge >= 0.3 is 0 Å². The zero-order valence-corrected chi connectivity index (χ0v) is 8.57. The van der Waals surface area contributed by atoms with Crippen molar-refractivity contribution in [2.45, 2.75) is 45.2 Å². The minimum absolute atomic E-state index is 0.566. The van der Waals surface area contributed by atoms with Crippen molar-refractivity contribution in [2.75, 3.05) is 0 Å². The average molecular weight is 195 g/mol. The molecule has 1 aromatic heterocycles. The quantitative estimate of drug-likeness (QED) is 0.795. The van der Waals surface area contributed by atoms with E-state index in [-0.39, 0.29) is 0 Å². The monoisotopic (exact) mass is 195 g/mol. The highest BCUT2D eigenvalue weighted by atomic mass is 16.5. The molecule has 0 spiro atoms. The van der Waals surface area contributed by atoms with Crippen LogP contribution in [-0.2, 0) is 6.54 Å². The fourth-order valence-electron chi connectivity index (χ4n) is 2.15. The first-order valence-electron chi connectivity index (χ1n) is 5.35. The molecule has 1 N–H and O–H groups in total. The normalized spacial score (nSPS) is 20.1. The van der Waals surface area contributed by atoms with Gasteiger partial charge in [0.1, 0.15) is 0 Å². The van der Waals surface area contributed by atoms with Crippen molar-refractivity contribution in [1.29, 1.82) is 0 Å². The number of nitrogens with zero attached hydrogens (tertiary/aromatic N) is 2. The van der Waals surface area contributed by atoms with Crippen molar-refractivity contribution < 1.29 is 4.52 Å². The summed E-state index contributed by atoms with van der Waals surface area (Å²) in [5.41, 5.74) is 0. The Morgan fingerprint density at radius 2 is 2.36 bits per heavy atom. The Bertz CT molecular complexity index is 254. The second kappa shape index (κ2) is 4.55. The number of rotatable bonds is 4. The van der Waals surface area contributed by atoms with Crippen LogP contribution in [0, 0.1) is 5.92 Å². The number of hydrogen-bond donors (Lipinski definition) is 1. The van der Waals surface area contributed by atoms with E-state index in [0.29, 0.717) is 12.6 Å². The molecule has 2 rings (SSSR count). The fourth-order valence-corrected chi connectivity index (χ4v) is 2.15. The first-order chi connectivity index (χ1) is 6.86. The van der Waals surface area contributed by atoms with Crippen molar-refractivity contribution >= 4 is 0 Å². The molecule has 1 saturated carbocycles. The highest BCUT2D eigenvalue weighted by Gasteiger charge is 2.21. The van der Waals surface area contributed by atoms with E-state index in [1.807, 2.05) is 0 Å². The van der Waals surface area contributed by atoms with Crippen molar-refractivity contribution in [3.8, 4) is 0 Å². The summed E-state index contributed by atoms with van der Waals surface area (Å²) >= 11 is 0. The first kappa shape index (κ1) is 9.65. The number of nitrogens with one attached hydrogen (secondary N) is 1. The van der Waals surface area contributed by atoms with Gasteiger partial charge in [-0.1, -0.05) is 18.0 Å². The molecule has 1 aliphatic rings. The summed E-state index contributed by atoms with van der Waals surface area (Å²) in [5.74, 6) is 1.58. The van der Waals surface area contributed by atoms with E-state index in [1.165, 1.54) is 32.1 Å². The van der Waals surface area contributed by atoms with Gasteiger partial charge in [0.05, 0.1) is 6.54 Å². The lowest BCUT2D eigenvalue weighted by Gasteiger charge is -2.19. The Hall–Kier alpha value is -0.900. The fraction of sp³-hybridized carbons (Fsp3) is 0.800. The molecule has 1 aliphatic carbocycles. The van der Waals surface area contributed by atoms with Crippen LogP contribution in [0.1, 0.15) is 38.4 Å². The van der Waals surface area contributed by atoms with Gasteiger partial charge in [-0.15, -0.1) is 0 Å². The molecule has 4 nitrogen and oxygen atoms in total. The molecule has 14 heavy (non-hydrogen) atoms. The molecule has 1 heterocycles. The lowest BCUT2D eigenvalue weighted by molar-refractivity contribution is 0.367. The molecule has 1 aromatic rings. The zero-order valence-electron chi connectivity index (χ0n) is 8.57. The van der Waals surface area contributed by atoms with Crippen LogP contribution in [0.5, 0.6) is 0 Å². The maximum atomic E-state index is 4.67. The minimum atomic E-state index is 0.566. The zero-order chi connectivity index (χ0) is 9.80. The summed E-state index contributed by atoms with van der Waals surface area (Å²) in [6.07, 6.45) is 6.87. The molecular formula is C10H17N3O. The van der Waals surface area contributed by atoms with Crippen LogP contribution in [0.4, 0.5) is 0 Å². The summed E-state index contributed by atoms with van der Waals surface area (Å²) in [6.45, 7) is 2.96. The van der Waals surface area contributed by atoms with Crippen LogP contribution in [-0.4, -0.2) is 16.2 Å². The van der Waals surface area contributed by atoms with Crippen LogP contribution in [0.3, 0.4) is 0 Å². The maximum Gasteiger partial charge on any atom is 0.213 e. The Balaban J connectivity index is 1.74. The van der Waals surface area contributed by atoms with E-state index >= 15 is 0 Å². The van der Waals surface area contributed by atoms with Gasteiger partial charge in [-0.05, 0) is 25.7 Å². The maximum absolute atomic E-state index is 4.67. The predicted octanol–water partition coefficient (Wildman–Crippen LogP) is 1.74. The summed E-state index contributed by atoms with van der Waals surface area (Å²) < 4.78 is 4.67. The van der Waals surface area contributed by atoms with Crippen LogP contribution in [0.15, 0.2) is 10.9 Å². The second-order valence-corrected chi connectivity index (χ2v) is 4.06. The largest absolute Gasteiger partial charge is 0.343 e. The smallest absolute Gasteiger partial charge is 0.213 e. The second-order valence-electron chi connectivity index (χ2n) is 4.06. The van der Waals surface area contributed by atoms with E-state index < -0.39 is 0 Å². The van der Waals surface area contributed by atoms with Crippen molar-refractivity contribution in [3.05, 3.63) is 12.2 Å². The van der Waals surface area contributed by atoms with E-state index in [2.05, 4.69) is 26.9 Å². The van der Waals surface area contributed by atoms with E-state index in [4.69, 9.17) is 0 Å². The van der Waals surface area contributed by atoms with Crippen molar-refractivity contribution in [3.63, 3.8) is 0 Å². The summed E-state index contributed by atoms with van der Waals surface area (Å²) in [5, 5.41) is 7.21. The lowest BCUT2D eigenvalue weighted by Crippen LogP contribution is -2.32. The molecule has 0 aliphatic heterocycles. The third-order valence-corrected chi connectivity index (χ3v) is 3.10. The standard InChI is InChI=1S/C10H17N3O/c1-8(9-4-2-3-5-9)11-6-10-12-7-14-13-10/h7-9,11H,2-6H2,1H3. The van der Waals surface area contributed by atoms with E-state index in [9.17, 15) is 0 Å². The Morgan fingerprint density at radius 3 is 3.00 bits per heavy atom. The third kappa shape index (κ3) is 2.32.